The Morgan fingerprint density at radius 3 is 2.61 bits per heavy atom. The maximum absolute atomic E-state index is 14.0. The molecular formula is C17H22FNO4. The van der Waals surface area contributed by atoms with Crippen molar-refractivity contribution in [2.75, 3.05) is 33.0 Å². The Balaban J connectivity index is 1.77. The van der Waals surface area contributed by atoms with E-state index in [-0.39, 0.29) is 30.9 Å². The summed E-state index contributed by atoms with van der Waals surface area (Å²) in [7, 11) is 0. The number of amides is 1. The Morgan fingerprint density at radius 2 is 1.91 bits per heavy atom. The highest BCUT2D eigenvalue weighted by Crippen LogP contribution is 2.21. The van der Waals surface area contributed by atoms with Crippen LogP contribution in [0.1, 0.15) is 18.4 Å². The van der Waals surface area contributed by atoms with Crippen LogP contribution in [0.25, 0.3) is 0 Å². The average molecular weight is 323 g/mol. The van der Waals surface area contributed by atoms with Crippen molar-refractivity contribution >= 4 is 5.91 Å². The molecule has 126 valence electrons. The second-order valence-corrected chi connectivity index (χ2v) is 5.84. The highest BCUT2D eigenvalue weighted by atomic mass is 19.1. The molecular weight excluding hydrogens is 301 g/mol. The zero-order valence-corrected chi connectivity index (χ0v) is 13.1. The van der Waals surface area contributed by atoms with E-state index >= 15 is 0 Å². The van der Waals surface area contributed by atoms with E-state index in [1.54, 1.807) is 23.1 Å². The molecule has 2 fully saturated rings. The summed E-state index contributed by atoms with van der Waals surface area (Å²) in [6.45, 7) is 2.67. The molecule has 2 heterocycles. The summed E-state index contributed by atoms with van der Waals surface area (Å²) in [5.74, 6) is -0.418. The van der Waals surface area contributed by atoms with Gasteiger partial charge in [-0.3, -0.25) is 4.79 Å². The van der Waals surface area contributed by atoms with Crippen LogP contribution in [-0.2, 0) is 25.5 Å². The first-order valence-electron chi connectivity index (χ1n) is 8.06. The predicted molar refractivity (Wildman–Crippen MR) is 81.4 cm³/mol. The third kappa shape index (κ3) is 4.07. The SMILES string of the molecule is O=C(C1COCCO1)N(Cc1ccccc1F)C1CCOCC1. The van der Waals surface area contributed by atoms with Crippen molar-refractivity contribution in [1.82, 2.24) is 4.90 Å². The molecule has 1 amide bonds. The smallest absolute Gasteiger partial charge is 0.254 e. The molecule has 0 spiro atoms. The monoisotopic (exact) mass is 323 g/mol. The first kappa shape index (κ1) is 16.4. The number of halogens is 1. The predicted octanol–water partition coefficient (Wildman–Crippen LogP) is 1.75. The number of ether oxygens (including phenoxy) is 3. The molecule has 0 aliphatic carbocycles. The lowest BCUT2D eigenvalue weighted by Gasteiger charge is -2.37. The van der Waals surface area contributed by atoms with Gasteiger partial charge < -0.3 is 19.1 Å². The van der Waals surface area contributed by atoms with Crippen molar-refractivity contribution in [3.63, 3.8) is 0 Å². The van der Waals surface area contributed by atoms with Crippen molar-refractivity contribution in [2.45, 2.75) is 31.5 Å². The Hall–Kier alpha value is -1.50. The molecule has 1 unspecified atom stereocenters. The van der Waals surface area contributed by atoms with E-state index in [1.165, 1.54) is 6.07 Å². The fourth-order valence-corrected chi connectivity index (χ4v) is 3.01. The minimum atomic E-state index is -0.599. The number of carbonyl (C=O) groups excluding carboxylic acids is 1. The molecule has 3 rings (SSSR count). The summed E-state index contributed by atoms with van der Waals surface area (Å²) in [6, 6.07) is 6.61. The molecule has 5 nitrogen and oxygen atoms in total. The first-order chi connectivity index (χ1) is 11.3. The Kier molecular flexibility index (Phi) is 5.59. The van der Waals surface area contributed by atoms with E-state index in [1.807, 2.05) is 0 Å². The Bertz CT molecular complexity index is 527. The van der Waals surface area contributed by atoms with Gasteiger partial charge in [-0.05, 0) is 18.9 Å². The summed E-state index contributed by atoms with van der Waals surface area (Å²) in [4.78, 5) is 14.6. The van der Waals surface area contributed by atoms with E-state index in [0.717, 1.165) is 12.8 Å². The van der Waals surface area contributed by atoms with Crippen LogP contribution in [0.4, 0.5) is 4.39 Å². The lowest BCUT2D eigenvalue weighted by atomic mass is 10.0. The minimum absolute atomic E-state index is 0.0429. The summed E-state index contributed by atoms with van der Waals surface area (Å²) < 4.78 is 30.3. The van der Waals surface area contributed by atoms with E-state index in [9.17, 15) is 9.18 Å². The largest absolute Gasteiger partial charge is 0.381 e. The molecule has 1 atom stereocenters. The van der Waals surface area contributed by atoms with Gasteiger partial charge in [-0.2, -0.15) is 0 Å². The molecule has 0 radical (unpaired) electrons. The molecule has 1 aromatic carbocycles. The number of carbonyl (C=O) groups is 1. The number of rotatable bonds is 4. The van der Waals surface area contributed by atoms with Crippen LogP contribution < -0.4 is 0 Å². The molecule has 2 aliphatic heterocycles. The number of hydrogen-bond donors (Lipinski definition) is 0. The Morgan fingerprint density at radius 1 is 1.13 bits per heavy atom. The van der Waals surface area contributed by atoms with Gasteiger partial charge in [0.05, 0.1) is 19.8 Å². The Labute approximate surface area is 135 Å². The third-order valence-corrected chi connectivity index (χ3v) is 4.30. The zero-order valence-electron chi connectivity index (χ0n) is 13.1. The average Bonchev–Trinajstić information content (AvgIpc) is 2.62. The number of nitrogens with zero attached hydrogens (tertiary/aromatic N) is 1. The van der Waals surface area contributed by atoms with Crippen LogP contribution in [0, 0.1) is 5.82 Å². The molecule has 0 N–H and O–H groups in total. The van der Waals surface area contributed by atoms with Crippen molar-refractivity contribution in [2.24, 2.45) is 0 Å². The molecule has 2 aliphatic rings. The molecule has 0 saturated carbocycles. The number of hydrogen-bond acceptors (Lipinski definition) is 4. The molecule has 1 aromatic rings. The fourth-order valence-electron chi connectivity index (χ4n) is 3.01. The second-order valence-electron chi connectivity index (χ2n) is 5.84. The summed E-state index contributed by atoms with van der Waals surface area (Å²) in [6.07, 6.45) is 0.917. The van der Waals surface area contributed by atoms with Crippen molar-refractivity contribution in [3.8, 4) is 0 Å². The normalized spacial score (nSPS) is 22.7. The molecule has 2 saturated heterocycles. The van der Waals surface area contributed by atoms with Crippen LogP contribution in [0.3, 0.4) is 0 Å². The first-order valence-corrected chi connectivity index (χ1v) is 8.06. The molecule has 0 bridgehead atoms. The number of benzene rings is 1. The molecule has 23 heavy (non-hydrogen) atoms. The standard InChI is InChI=1S/C17H22FNO4/c18-15-4-2-1-3-13(15)11-19(14-5-7-21-8-6-14)17(20)16-12-22-9-10-23-16/h1-4,14,16H,5-12H2. The summed E-state index contributed by atoms with van der Waals surface area (Å²) in [5, 5.41) is 0. The van der Waals surface area contributed by atoms with E-state index < -0.39 is 6.10 Å². The lowest BCUT2D eigenvalue weighted by Crippen LogP contribution is -2.50. The van der Waals surface area contributed by atoms with Gasteiger partial charge in [-0.25, -0.2) is 4.39 Å². The van der Waals surface area contributed by atoms with Crippen LogP contribution in [0.2, 0.25) is 0 Å². The van der Waals surface area contributed by atoms with Gasteiger partial charge in [0.15, 0.2) is 6.10 Å². The van der Waals surface area contributed by atoms with Crippen LogP contribution in [0.15, 0.2) is 24.3 Å². The summed E-state index contributed by atoms with van der Waals surface area (Å²) >= 11 is 0. The molecule has 6 heteroatoms. The highest BCUT2D eigenvalue weighted by Gasteiger charge is 2.33. The van der Waals surface area contributed by atoms with Crippen LogP contribution in [0.5, 0.6) is 0 Å². The van der Waals surface area contributed by atoms with Gasteiger partial charge in [-0.15, -0.1) is 0 Å². The maximum Gasteiger partial charge on any atom is 0.254 e. The quantitative estimate of drug-likeness (QED) is 0.847. The third-order valence-electron chi connectivity index (χ3n) is 4.30. The molecule has 0 aromatic heterocycles. The van der Waals surface area contributed by atoms with Gasteiger partial charge in [0, 0.05) is 31.4 Å². The fraction of sp³-hybridized carbons (Fsp3) is 0.588. The van der Waals surface area contributed by atoms with Gasteiger partial charge in [0.25, 0.3) is 5.91 Å². The minimum Gasteiger partial charge on any atom is -0.381 e. The van der Waals surface area contributed by atoms with Crippen molar-refractivity contribution in [3.05, 3.63) is 35.6 Å². The highest BCUT2D eigenvalue weighted by molar-refractivity contribution is 5.81. The van der Waals surface area contributed by atoms with Crippen LogP contribution in [-0.4, -0.2) is 56.0 Å². The van der Waals surface area contributed by atoms with Crippen molar-refractivity contribution < 1.29 is 23.4 Å². The van der Waals surface area contributed by atoms with Gasteiger partial charge in [-0.1, -0.05) is 18.2 Å². The topological polar surface area (TPSA) is 48.0 Å². The zero-order chi connectivity index (χ0) is 16.1. The van der Waals surface area contributed by atoms with Gasteiger partial charge in [0.2, 0.25) is 0 Å². The maximum atomic E-state index is 14.0. The second kappa shape index (κ2) is 7.86. The van der Waals surface area contributed by atoms with E-state index in [4.69, 9.17) is 14.2 Å². The lowest BCUT2D eigenvalue weighted by molar-refractivity contribution is -0.162. The van der Waals surface area contributed by atoms with E-state index in [2.05, 4.69) is 0 Å². The van der Waals surface area contributed by atoms with E-state index in [0.29, 0.717) is 32.0 Å². The van der Waals surface area contributed by atoms with Gasteiger partial charge >= 0.3 is 0 Å². The van der Waals surface area contributed by atoms with Crippen LogP contribution >= 0.6 is 0 Å². The van der Waals surface area contributed by atoms with Gasteiger partial charge in [0.1, 0.15) is 5.82 Å². The summed E-state index contributed by atoms with van der Waals surface area (Å²) in [5.41, 5.74) is 0.518. The van der Waals surface area contributed by atoms with Crippen molar-refractivity contribution in [1.29, 1.82) is 0 Å².